The number of fused-ring (bicyclic) bond motifs is 1. The van der Waals surface area contributed by atoms with Crippen LogP contribution in [0, 0.1) is 0 Å². The maximum atomic E-state index is 12.2. The van der Waals surface area contributed by atoms with E-state index in [4.69, 9.17) is 4.42 Å². The summed E-state index contributed by atoms with van der Waals surface area (Å²) in [5.74, 6) is 0.956. The van der Waals surface area contributed by atoms with Crippen LogP contribution in [-0.4, -0.2) is 26.1 Å². The zero-order chi connectivity index (χ0) is 21.2. The van der Waals surface area contributed by atoms with Crippen LogP contribution in [0.5, 0.6) is 0 Å². The van der Waals surface area contributed by atoms with Gasteiger partial charge >= 0.3 is 0 Å². The fourth-order valence-corrected chi connectivity index (χ4v) is 4.88. The molecule has 0 fully saturated rings. The van der Waals surface area contributed by atoms with Gasteiger partial charge in [0.15, 0.2) is 5.13 Å². The highest BCUT2D eigenvalue weighted by Gasteiger charge is 2.18. The fourth-order valence-electron chi connectivity index (χ4n) is 3.23. The lowest BCUT2D eigenvalue weighted by atomic mass is 10.2. The quantitative estimate of drug-likeness (QED) is 0.338. The number of H-pyrrole nitrogens is 1. The molecule has 0 spiro atoms. The number of carbonyl (C=O) groups is 1. The minimum atomic E-state index is -0.0833. The third kappa shape index (κ3) is 3.97. The number of para-hydroxylation sites is 2. The van der Waals surface area contributed by atoms with Crippen molar-refractivity contribution in [2.75, 3.05) is 4.90 Å². The molecule has 0 aliphatic rings. The summed E-state index contributed by atoms with van der Waals surface area (Å²) >= 11 is 2.85. The van der Waals surface area contributed by atoms with Gasteiger partial charge in [-0.15, -0.1) is 21.5 Å². The molecule has 1 amide bonds. The second kappa shape index (κ2) is 8.37. The molecule has 0 radical (unpaired) electrons. The van der Waals surface area contributed by atoms with E-state index in [1.807, 2.05) is 66.2 Å². The molecule has 2 aromatic carbocycles. The lowest BCUT2D eigenvalue weighted by molar-refractivity contribution is -0.115. The summed E-state index contributed by atoms with van der Waals surface area (Å²) in [7, 11) is 0. The highest BCUT2D eigenvalue weighted by atomic mass is 32.2. The van der Waals surface area contributed by atoms with E-state index in [1.54, 1.807) is 4.90 Å². The predicted octanol–water partition coefficient (Wildman–Crippen LogP) is 5.65. The lowest BCUT2D eigenvalue weighted by Crippen LogP contribution is -2.22. The van der Waals surface area contributed by atoms with Crippen LogP contribution in [0.4, 0.5) is 10.8 Å². The number of thioether (sulfide) groups is 1. The van der Waals surface area contributed by atoms with E-state index in [0.29, 0.717) is 22.0 Å². The summed E-state index contributed by atoms with van der Waals surface area (Å²) in [6, 6.07) is 17.5. The van der Waals surface area contributed by atoms with Crippen molar-refractivity contribution in [1.29, 1.82) is 0 Å². The monoisotopic (exact) mass is 447 g/mol. The van der Waals surface area contributed by atoms with E-state index in [-0.39, 0.29) is 5.91 Å². The summed E-state index contributed by atoms with van der Waals surface area (Å²) in [4.78, 5) is 21.6. The Hall–Kier alpha value is -3.43. The SMILES string of the molecule is CC(=O)N(c1ccccc1)c1nc(CSc2nnc(-c3c[nH]c4ccccc34)o2)cs1. The van der Waals surface area contributed by atoms with Crippen LogP contribution in [-0.2, 0) is 10.5 Å². The van der Waals surface area contributed by atoms with Gasteiger partial charge in [0.1, 0.15) is 0 Å². The second-order valence-electron chi connectivity index (χ2n) is 6.72. The zero-order valence-electron chi connectivity index (χ0n) is 16.5. The van der Waals surface area contributed by atoms with Crippen molar-refractivity contribution in [3.8, 4) is 11.5 Å². The number of anilines is 2. The molecule has 0 saturated heterocycles. The number of nitrogens with one attached hydrogen (secondary N) is 1. The van der Waals surface area contributed by atoms with Crippen LogP contribution in [0.15, 0.2) is 75.8 Å². The van der Waals surface area contributed by atoms with Crippen molar-refractivity contribution < 1.29 is 9.21 Å². The van der Waals surface area contributed by atoms with Gasteiger partial charge in [-0.1, -0.05) is 48.2 Å². The van der Waals surface area contributed by atoms with Gasteiger partial charge in [-0.25, -0.2) is 4.98 Å². The number of aromatic nitrogens is 4. The van der Waals surface area contributed by atoms with E-state index in [1.165, 1.54) is 30.0 Å². The number of rotatable bonds is 6. The molecule has 0 aliphatic carbocycles. The molecule has 3 heterocycles. The minimum Gasteiger partial charge on any atom is -0.411 e. The molecule has 5 rings (SSSR count). The molecular weight excluding hydrogens is 430 g/mol. The molecule has 0 bridgehead atoms. The Morgan fingerprint density at radius 1 is 1.13 bits per heavy atom. The number of nitrogens with zero attached hydrogens (tertiary/aromatic N) is 4. The van der Waals surface area contributed by atoms with Crippen LogP contribution in [0.2, 0.25) is 0 Å². The molecule has 3 aromatic heterocycles. The first kappa shape index (κ1) is 19.5. The molecule has 7 nitrogen and oxygen atoms in total. The molecular formula is C22H17N5O2S2. The van der Waals surface area contributed by atoms with E-state index in [9.17, 15) is 4.79 Å². The summed E-state index contributed by atoms with van der Waals surface area (Å²) in [6.45, 7) is 1.54. The van der Waals surface area contributed by atoms with Gasteiger partial charge in [-0.2, -0.15) is 0 Å². The topological polar surface area (TPSA) is 87.9 Å². The molecule has 0 saturated carbocycles. The van der Waals surface area contributed by atoms with Crippen LogP contribution in [0.1, 0.15) is 12.6 Å². The average Bonchev–Trinajstić information content (AvgIpc) is 3.52. The lowest BCUT2D eigenvalue weighted by Gasteiger charge is -2.17. The first-order chi connectivity index (χ1) is 15.2. The maximum Gasteiger partial charge on any atom is 0.277 e. The highest BCUT2D eigenvalue weighted by molar-refractivity contribution is 7.98. The molecule has 31 heavy (non-hydrogen) atoms. The largest absolute Gasteiger partial charge is 0.411 e. The summed E-state index contributed by atoms with van der Waals surface area (Å²) in [5.41, 5.74) is 3.54. The Morgan fingerprint density at radius 2 is 1.94 bits per heavy atom. The highest BCUT2D eigenvalue weighted by Crippen LogP contribution is 2.33. The summed E-state index contributed by atoms with van der Waals surface area (Å²) < 4.78 is 5.85. The number of amides is 1. The minimum absolute atomic E-state index is 0.0833. The number of benzene rings is 2. The Labute approximate surface area is 186 Å². The summed E-state index contributed by atoms with van der Waals surface area (Å²) in [6.07, 6.45) is 1.87. The fraction of sp³-hybridized carbons (Fsp3) is 0.0909. The third-order valence-corrected chi connectivity index (χ3v) is 6.36. The Morgan fingerprint density at radius 3 is 2.77 bits per heavy atom. The standard InChI is InChI=1S/C22H17N5O2S2/c1-14(28)27(16-7-3-2-4-8-16)21-24-15(12-30-21)13-31-22-26-25-20(29-22)18-11-23-19-10-6-5-9-17(18)19/h2-12,23H,13H2,1H3. The van der Waals surface area contributed by atoms with E-state index in [0.717, 1.165) is 27.8 Å². The van der Waals surface area contributed by atoms with Gasteiger partial charge in [0.2, 0.25) is 5.91 Å². The number of thiazole rings is 1. The van der Waals surface area contributed by atoms with Crippen LogP contribution in [0.3, 0.4) is 0 Å². The van der Waals surface area contributed by atoms with Gasteiger partial charge in [0.25, 0.3) is 11.1 Å². The zero-order valence-corrected chi connectivity index (χ0v) is 18.1. The van der Waals surface area contributed by atoms with Gasteiger partial charge < -0.3 is 9.40 Å². The van der Waals surface area contributed by atoms with Gasteiger partial charge in [-0.05, 0) is 18.2 Å². The van der Waals surface area contributed by atoms with Crippen molar-refractivity contribution >= 4 is 50.7 Å². The van der Waals surface area contributed by atoms with Crippen molar-refractivity contribution in [2.45, 2.75) is 17.9 Å². The predicted molar refractivity (Wildman–Crippen MR) is 123 cm³/mol. The molecule has 0 atom stereocenters. The van der Waals surface area contributed by atoms with E-state index >= 15 is 0 Å². The Bertz CT molecular complexity index is 1340. The van der Waals surface area contributed by atoms with Gasteiger partial charge in [-0.3, -0.25) is 9.69 Å². The Balaban J connectivity index is 1.30. The van der Waals surface area contributed by atoms with Crippen LogP contribution < -0.4 is 4.90 Å². The first-order valence-corrected chi connectivity index (χ1v) is 11.4. The van der Waals surface area contributed by atoms with Gasteiger partial charge in [0, 0.05) is 35.2 Å². The molecule has 154 valence electrons. The molecule has 0 aliphatic heterocycles. The number of carbonyl (C=O) groups excluding carboxylic acids is 1. The molecule has 0 unspecified atom stereocenters. The smallest absolute Gasteiger partial charge is 0.277 e. The number of aromatic amines is 1. The second-order valence-corrected chi connectivity index (χ2v) is 8.48. The first-order valence-electron chi connectivity index (χ1n) is 9.52. The van der Waals surface area contributed by atoms with Crippen molar-refractivity contribution in [3.63, 3.8) is 0 Å². The maximum absolute atomic E-state index is 12.2. The van der Waals surface area contributed by atoms with E-state index < -0.39 is 0 Å². The molecule has 1 N–H and O–H groups in total. The Kier molecular flexibility index (Phi) is 5.27. The van der Waals surface area contributed by atoms with Gasteiger partial charge in [0.05, 0.1) is 16.9 Å². The average molecular weight is 448 g/mol. The van der Waals surface area contributed by atoms with Crippen LogP contribution in [0.25, 0.3) is 22.4 Å². The molecule has 9 heteroatoms. The van der Waals surface area contributed by atoms with E-state index in [2.05, 4.69) is 20.2 Å². The van der Waals surface area contributed by atoms with Crippen molar-refractivity contribution in [1.82, 2.24) is 20.2 Å². The third-order valence-electron chi connectivity index (χ3n) is 4.63. The number of hydrogen-bond donors (Lipinski definition) is 1. The number of hydrogen-bond acceptors (Lipinski definition) is 7. The van der Waals surface area contributed by atoms with Crippen molar-refractivity contribution in [3.05, 3.63) is 71.9 Å². The molecule has 5 aromatic rings. The summed E-state index contributed by atoms with van der Waals surface area (Å²) in [5, 5.41) is 12.4. The van der Waals surface area contributed by atoms with Crippen molar-refractivity contribution in [2.24, 2.45) is 0 Å². The van der Waals surface area contributed by atoms with Crippen LogP contribution >= 0.6 is 23.1 Å². The normalized spacial score (nSPS) is 11.1.